The molecule has 4 bridgehead atoms. The highest BCUT2D eigenvalue weighted by atomic mass is 29.6. The first-order valence-corrected chi connectivity index (χ1v) is 32.0. The molecule has 0 spiro atoms. The molecule has 34 heavy (non-hydrogen) atoms. The van der Waals surface area contributed by atoms with Crippen LogP contribution in [0.1, 0.15) is 59.3 Å². The van der Waals surface area contributed by atoms with Crippen molar-refractivity contribution in [1.82, 2.24) is 0 Å². The quantitative estimate of drug-likeness (QED) is 0.299. The highest BCUT2D eigenvalue weighted by Crippen LogP contribution is 2.73. The smallest absolute Gasteiger partial charge is 0.184 e. The van der Waals surface area contributed by atoms with Crippen LogP contribution in [0.5, 0.6) is 0 Å². The van der Waals surface area contributed by atoms with Crippen molar-refractivity contribution >= 4 is 38.7 Å². The zero-order valence-electron chi connectivity index (χ0n) is 25.5. The van der Waals surface area contributed by atoms with Gasteiger partial charge in [-0.15, -0.1) is 0 Å². The Hall–Kier alpha value is 0.784. The Balaban J connectivity index is 2.10. The Morgan fingerprint density at radius 3 is 1.41 bits per heavy atom. The van der Waals surface area contributed by atoms with Crippen molar-refractivity contribution < 1.29 is 4.43 Å². The second kappa shape index (κ2) is 7.67. The van der Waals surface area contributed by atoms with Gasteiger partial charge in [-0.1, -0.05) is 84.0 Å². The average Bonchev–Trinajstić information content (AvgIpc) is 2.52. The molecule has 0 aromatic carbocycles. The maximum atomic E-state index is 8.15. The number of hydrogen-bond acceptors (Lipinski definition) is 1. The Morgan fingerprint density at radius 2 is 1.12 bits per heavy atom. The molecular formula is C28H58OSi5. The normalized spacial score (nSPS) is 38.1. The van der Waals surface area contributed by atoms with Crippen LogP contribution in [0.2, 0.25) is 77.1 Å². The monoisotopic (exact) mass is 550 g/mol. The lowest BCUT2D eigenvalue weighted by atomic mass is 9.48. The molecule has 0 amide bonds. The molecular weight excluding hydrogens is 493 g/mol. The van der Waals surface area contributed by atoms with Gasteiger partial charge >= 0.3 is 0 Å². The van der Waals surface area contributed by atoms with Crippen molar-refractivity contribution in [2.45, 2.75) is 142 Å². The standard InChI is InChI=1S/C28H58OSi5/c1-26(2,3)33(13,14)25-21-34(31(7,8)9,32(10,11)12)28(25,29-30(4,5)6)27-18-22-15-23(19-27)17-24(16-22)20-27/h21-24H,15-20H2,1-14H3. The summed E-state index contributed by atoms with van der Waals surface area (Å²) in [6, 6.07) is 0. The van der Waals surface area contributed by atoms with E-state index in [1.54, 1.807) is 0 Å². The summed E-state index contributed by atoms with van der Waals surface area (Å²) in [6.45, 7) is 37.4. The van der Waals surface area contributed by atoms with Crippen molar-refractivity contribution in [3.05, 3.63) is 10.9 Å². The van der Waals surface area contributed by atoms with Crippen molar-refractivity contribution in [2.75, 3.05) is 0 Å². The number of rotatable bonds is 6. The maximum Gasteiger partial charge on any atom is 0.184 e. The van der Waals surface area contributed by atoms with Crippen molar-refractivity contribution in [2.24, 2.45) is 23.2 Å². The molecule has 0 saturated heterocycles. The van der Waals surface area contributed by atoms with Crippen molar-refractivity contribution in [3.63, 3.8) is 0 Å². The minimum absolute atomic E-state index is 0.151. The first-order valence-electron chi connectivity index (χ1n) is 14.5. The first-order chi connectivity index (χ1) is 15.0. The number of hydrogen-bond donors (Lipinski definition) is 0. The molecule has 0 aromatic heterocycles. The highest BCUT2D eigenvalue weighted by molar-refractivity contribution is 7.72. The Morgan fingerprint density at radius 1 is 0.735 bits per heavy atom. The van der Waals surface area contributed by atoms with E-state index in [2.05, 4.69) is 98.5 Å². The molecule has 1 nitrogen and oxygen atoms in total. The average molecular weight is 551 g/mol. The van der Waals surface area contributed by atoms with E-state index in [1.807, 2.05) is 5.20 Å². The maximum absolute atomic E-state index is 8.15. The molecule has 6 heteroatoms. The summed E-state index contributed by atoms with van der Waals surface area (Å²) in [5, 5.41) is 2.46. The third-order valence-electron chi connectivity index (χ3n) is 11.5. The van der Waals surface area contributed by atoms with Crippen LogP contribution >= 0.6 is 0 Å². The molecule has 1 atom stereocenters. The third kappa shape index (κ3) is 3.61. The lowest BCUT2D eigenvalue weighted by Crippen LogP contribution is -2.94. The summed E-state index contributed by atoms with van der Waals surface area (Å²) in [6.07, 6.45) is 9.11. The van der Waals surface area contributed by atoms with Crippen LogP contribution < -0.4 is 0 Å². The van der Waals surface area contributed by atoms with Gasteiger partial charge in [-0.2, -0.15) is 0 Å². The molecule has 0 aromatic rings. The largest absolute Gasteiger partial charge is 0.411 e. The second-order valence-corrected chi connectivity index (χ2v) is 54.4. The van der Waals surface area contributed by atoms with E-state index < -0.39 is 38.7 Å². The minimum Gasteiger partial charge on any atom is -0.411 e. The third-order valence-corrected chi connectivity index (χ3v) is 56.8. The Kier molecular flexibility index (Phi) is 6.28. The lowest BCUT2D eigenvalue weighted by Gasteiger charge is -2.78. The van der Waals surface area contributed by atoms with Crippen LogP contribution in [0, 0.1) is 23.2 Å². The lowest BCUT2D eigenvalue weighted by molar-refractivity contribution is -0.122. The van der Waals surface area contributed by atoms with Gasteiger partial charge in [0.25, 0.3) is 0 Å². The van der Waals surface area contributed by atoms with Gasteiger partial charge in [-0.3, -0.25) is 0 Å². The summed E-state index contributed by atoms with van der Waals surface area (Å²) < 4.78 is 8.15. The van der Waals surface area contributed by atoms with Crippen molar-refractivity contribution in [1.29, 1.82) is 0 Å². The van der Waals surface area contributed by atoms with Gasteiger partial charge in [-0.05, 0) is 86.4 Å². The Labute approximate surface area is 218 Å². The van der Waals surface area contributed by atoms with Crippen LogP contribution in [0.25, 0.3) is 0 Å². The topological polar surface area (TPSA) is 9.23 Å². The zero-order valence-corrected chi connectivity index (χ0v) is 30.5. The molecule has 4 aliphatic carbocycles. The second-order valence-electron chi connectivity index (χ2n) is 17.8. The summed E-state index contributed by atoms with van der Waals surface area (Å²) in [5.74, 6) is 2.97. The van der Waals surface area contributed by atoms with Gasteiger partial charge < -0.3 is 4.43 Å². The van der Waals surface area contributed by atoms with Gasteiger partial charge in [-0.25, -0.2) is 0 Å². The molecule has 4 saturated carbocycles. The van der Waals surface area contributed by atoms with Crippen LogP contribution in [-0.4, -0.2) is 43.9 Å². The van der Waals surface area contributed by atoms with Gasteiger partial charge in [0.2, 0.25) is 0 Å². The first kappa shape index (κ1) is 27.8. The molecule has 5 aliphatic rings. The fraction of sp³-hybridized carbons (Fsp3) is 0.929. The molecule has 0 N–H and O–H groups in total. The Bertz CT molecular complexity index is 812. The predicted octanol–water partition coefficient (Wildman–Crippen LogP) is 9.14. The predicted molar refractivity (Wildman–Crippen MR) is 165 cm³/mol. The SMILES string of the molecule is CC(C)(C)[Si](C)(C)C1=C[Si]([Si](C)(C)C)([Si](C)(C)C)C1(O[Si](C)(C)C)C12CC3CC(CC(C3)C1)C2. The molecule has 196 valence electrons. The van der Waals surface area contributed by atoms with Crippen molar-refractivity contribution in [3.8, 4) is 0 Å². The van der Waals surface area contributed by atoms with Gasteiger partial charge in [0.1, 0.15) is 7.11 Å². The summed E-state index contributed by atoms with van der Waals surface area (Å²) in [7, 11) is -8.27. The molecule has 1 aliphatic heterocycles. The molecule has 1 unspecified atom stereocenters. The fourth-order valence-electron chi connectivity index (χ4n) is 10.1. The van der Waals surface area contributed by atoms with Crippen LogP contribution in [0.15, 0.2) is 10.9 Å². The van der Waals surface area contributed by atoms with Gasteiger partial charge in [0.15, 0.2) is 8.32 Å². The van der Waals surface area contributed by atoms with E-state index in [1.165, 1.54) is 38.5 Å². The van der Waals surface area contributed by atoms with E-state index in [0.29, 0.717) is 10.5 Å². The summed E-state index contributed by atoms with van der Waals surface area (Å²) in [5.41, 5.74) is 3.58. The minimum atomic E-state index is -1.81. The van der Waals surface area contributed by atoms with E-state index in [-0.39, 0.29) is 5.22 Å². The molecule has 1 heterocycles. The van der Waals surface area contributed by atoms with E-state index in [9.17, 15) is 0 Å². The fourth-order valence-corrected chi connectivity index (χ4v) is 67.9. The van der Waals surface area contributed by atoms with E-state index in [0.717, 1.165) is 17.8 Å². The highest BCUT2D eigenvalue weighted by Gasteiger charge is 2.81. The van der Waals surface area contributed by atoms with Gasteiger partial charge in [0, 0.05) is 15.2 Å². The van der Waals surface area contributed by atoms with E-state index in [4.69, 9.17) is 4.43 Å². The molecule has 0 radical (unpaired) electrons. The van der Waals surface area contributed by atoms with E-state index >= 15 is 0 Å². The molecule has 4 fully saturated rings. The van der Waals surface area contributed by atoms with Crippen LogP contribution in [-0.2, 0) is 4.43 Å². The van der Waals surface area contributed by atoms with Crippen LogP contribution in [0.3, 0.4) is 0 Å². The summed E-state index contributed by atoms with van der Waals surface area (Å²) >= 11 is 0. The molecule has 5 rings (SSSR count). The zero-order chi connectivity index (χ0) is 26.0. The summed E-state index contributed by atoms with van der Waals surface area (Å²) in [4.78, 5) is 0. The van der Waals surface area contributed by atoms with Gasteiger partial charge in [0.05, 0.1) is 13.3 Å². The van der Waals surface area contributed by atoms with Crippen LogP contribution in [0.4, 0.5) is 0 Å².